The maximum atomic E-state index is 13.3. The van der Waals surface area contributed by atoms with Crippen molar-refractivity contribution in [1.29, 1.82) is 0 Å². The molecule has 0 aliphatic carbocycles. The molecule has 0 radical (unpaired) electrons. The first-order chi connectivity index (χ1) is 18.7. The van der Waals surface area contributed by atoms with Gasteiger partial charge < -0.3 is 4.90 Å². The number of imidazole rings is 1. The zero-order valence-corrected chi connectivity index (χ0v) is 21.7. The standard InChI is InChI=1S/C33H27N3OS/c37-32(18-15-25-9-3-1-4-10-25)35(22-26-11-5-2-6-12-26)20-19-30-24-38-33-34-31(23-36(30)33)29-17-16-27-13-7-8-14-28(27)21-29/h1-18,21,23-24H,19-20,22H2. The third-order valence-electron chi connectivity index (χ3n) is 6.71. The van der Waals surface area contributed by atoms with Crippen LogP contribution in [0.5, 0.6) is 0 Å². The van der Waals surface area contributed by atoms with Crippen LogP contribution in [-0.4, -0.2) is 26.7 Å². The molecule has 2 heterocycles. The van der Waals surface area contributed by atoms with Crippen LogP contribution in [0.15, 0.2) is 121 Å². The van der Waals surface area contributed by atoms with E-state index in [9.17, 15) is 4.79 Å². The molecule has 4 nitrogen and oxygen atoms in total. The van der Waals surface area contributed by atoms with Crippen molar-refractivity contribution in [1.82, 2.24) is 14.3 Å². The second kappa shape index (κ2) is 10.9. The SMILES string of the molecule is O=C(C=Cc1ccccc1)N(CCc1csc2nc(-c3ccc4ccccc4c3)cn12)Cc1ccccc1. The zero-order chi connectivity index (χ0) is 25.7. The van der Waals surface area contributed by atoms with Crippen LogP contribution in [0.4, 0.5) is 0 Å². The number of thiazole rings is 1. The number of hydrogen-bond acceptors (Lipinski definition) is 3. The van der Waals surface area contributed by atoms with Crippen LogP contribution in [0.1, 0.15) is 16.8 Å². The molecule has 0 bridgehead atoms. The van der Waals surface area contributed by atoms with Gasteiger partial charge in [0.25, 0.3) is 0 Å². The summed E-state index contributed by atoms with van der Waals surface area (Å²) in [5, 5.41) is 4.58. The van der Waals surface area contributed by atoms with Crippen LogP contribution in [0.3, 0.4) is 0 Å². The van der Waals surface area contributed by atoms with Crippen molar-refractivity contribution >= 4 is 39.1 Å². The molecule has 186 valence electrons. The van der Waals surface area contributed by atoms with Crippen molar-refractivity contribution in [2.75, 3.05) is 6.54 Å². The highest BCUT2D eigenvalue weighted by Gasteiger charge is 2.15. The van der Waals surface area contributed by atoms with Crippen LogP contribution in [0, 0.1) is 0 Å². The van der Waals surface area contributed by atoms with E-state index in [4.69, 9.17) is 4.98 Å². The molecule has 5 heteroatoms. The first kappa shape index (κ1) is 23.9. The molecular weight excluding hydrogens is 486 g/mol. The summed E-state index contributed by atoms with van der Waals surface area (Å²) in [6.45, 7) is 1.18. The molecule has 0 fully saturated rings. The van der Waals surface area contributed by atoms with Gasteiger partial charge in [0.15, 0.2) is 4.96 Å². The number of carbonyl (C=O) groups is 1. The van der Waals surface area contributed by atoms with Gasteiger partial charge in [0, 0.05) is 48.4 Å². The van der Waals surface area contributed by atoms with Crippen LogP contribution in [0.25, 0.3) is 33.1 Å². The number of carbonyl (C=O) groups excluding carboxylic acids is 1. The Labute approximate surface area is 226 Å². The van der Waals surface area contributed by atoms with Gasteiger partial charge in [-0.1, -0.05) is 97.1 Å². The van der Waals surface area contributed by atoms with Crippen molar-refractivity contribution in [3.05, 3.63) is 138 Å². The van der Waals surface area contributed by atoms with Crippen molar-refractivity contribution in [2.24, 2.45) is 0 Å². The molecule has 0 saturated heterocycles. The summed E-state index contributed by atoms with van der Waals surface area (Å²) in [6, 6.07) is 34.9. The van der Waals surface area contributed by atoms with Crippen molar-refractivity contribution in [3.63, 3.8) is 0 Å². The van der Waals surface area contributed by atoms with Gasteiger partial charge in [-0.05, 0) is 34.0 Å². The average Bonchev–Trinajstić information content (AvgIpc) is 3.56. The van der Waals surface area contributed by atoms with Gasteiger partial charge in [0.2, 0.25) is 5.91 Å². The Balaban J connectivity index is 1.22. The number of amides is 1. The Morgan fingerprint density at radius 3 is 2.42 bits per heavy atom. The maximum Gasteiger partial charge on any atom is 0.246 e. The summed E-state index contributed by atoms with van der Waals surface area (Å²) in [6.07, 6.45) is 6.42. The van der Waals surface area contributed by atoms with E-state index in [0.717, 1.165) is 39.5 Å². The quantitative estimate of drug-likeness (QED) is 0.198. The van der Waals surface area contributed by atoms with Crippen LogP contribution >= 0.6 is 11.3 Å². The van der Waals surface area contributed by atoms with Crippen molar-refractivity contribution in [3.8, 4) is 11.3 Å². The summed E-state index contributed by atoms with van der Waals surface area (Å²) >= 11 is 1.64. The second-order valence-electron chi connectivity index (χ2n) is 9.31. The predicted octanol–water partition coefficient (Wildman–Crippen LogP) is 7.50. The van der Waals surface area contributed by atoms with E-state index in [2.05, 4.69) is 70.6 Å². The smallest absolute Gasteiger partial charge is 0.246 e. The largest absolute Gasteiger partial charge is 0.334 e. The zero-order valence-electron chi connectivity index (χ0n) is 20.9. The number of nitrogens with zero attached hydrogens (tertiary/aromatic N) is 3. The Morgan fingerprint density at radius 2 is 1.61 bits per heavy atom. The first-order valence-electron chi connectivity index (χ1n) is 12.7. The minimum Gasteiger partial charge on any atom is -0.334 e. The number of aromatic nitrogens is 2. The third-order valence-corrected chi connectivity index (χ3v) is 7.60. The normalized spacial score (nSPS) is 11.5. The molecule has 6 rings (SSSR count). The third kappa shape index (κ3) is 5.29. The summed E-state index contributed by atoms with van der Waals surface area (Å²) in [5.41, 5.74) is 5.36. The van der Waals surface area contributed by atoms with Gasteiger partial charge in [0.1, 0.15) is 0 Å². The van der Waals surface area contributed by atoms with Gasteiger partial charge in [-0.25, -0.2) is 4.98 Å². The van der Waals surface area contributed by atoms with Crippen LogP contribution in [-0.2, 0) is 17.8 Å². The molecule has 0 N–H and O–H groups in total. The molecule has 6 aromatic rings. The lowest BCUT2D eigenvalue weighted by Gasteiger charge is -2.21. The van der Waals surface area contributed by atoms with Gasteiger partial charge in [-0.3, -0.25) is 9.20 Å². The van der Waals surface area contributed by atoms with E-state index in [1.54, 1.807) is 17.4 Å². The Morgan fingerprint density at radius 1 is 0.868 bits per heavy atom. The molecule has 0 aliphatic rings. The van der Waals surface area contributed by atoms with Gasteiger partial charge in [-0.2, -0.15) is 0 Å². The molecule has 0 saturated carbocycles. The van der Waals surface area contributed by atoms with E-state index in [1.807, 2.05) is 59.5 Å². The lowest BCUT2D eigenvalue weighted by atomic mass is 10.1. The predicted molar refractivity (Wildman–Crippen MR) is 157 cm³/mol. The fourth-order valence-corrected chi connectivity index (χ4v) is 5.56. The van der Waals surface area contributed by atoms with E-state index in [-0.39, 0.29) is 5.91 Å². The van der Waals surface area contributed by atoms with Gasteiger partial charge in [-0.15, -0.1) is 11.3 Å². The summed E-state index contributed by atoms with van der Waals surface area (Å²) in [4.78, 5) is 21.0. The van der Waals surface area contributed by atoms with E-state index < -0.39 is 0 Å². The Bertz CT molecular complexity index is 1720. The molecule has 4 aromatic carbocycles. The lowest BCUT2D eigenvalue weighted by molar-refractivity contribution is -0.126. The first-order valence-corrected chi connectivity index (χ1v) is 13.6. The number of rotatable bonds is 8. The summed E-state index contributed by atoms with van der Waals surface area (Å²) in [7, 11) is 0. The average molecular weight is 514 g/mol. The maximum absolute atomic E-state index is 13.3. The van der Waals surface area contributed by atoms with Gasteiger partial charge in [0.05, 0.1) is 5.69 Å². The minimum absolute atomic E-state index is 0.00617. The minimum atomic E-state index is 0.00617. The monoisotopic (exact) mass is 513 g/mol. The fourth-order valence-electron chi connectivity index (χ4n) is 4.65. The molecule has 0 unspecified atom stereocenters. The molecule has 2 aromatic heterocycles. The molecular formula is C33H27N3OS. The van der Waals surface area contributed by atoms with E-state index in [0.29, 0.717) is 13.1 Å². The molecule has 1 amide bonds. The van der Waals surface area contributed by atoms with Crippen LogP contribution < -0.4 is 0 Å². The molecule has 38 heavy (non-hydrogen) atoms. The second-order valence-corrected chi connectivity index (χ2v) is 10.1. The van der Waals surface area contributed by atoms with Crippen molar-refractivity contribution in [2.45, 2.75) is 13.0 Å². The number of fused-ring (bicyclic) bond motifs is 2. The van der Waals surface area contributed by atoms with E-state index in [1.165, 1.54) is 10.8 Å². The highest BCUT2D eigenvalue weighted by atomic mass is 32.1. The number of hydrogen-bond donors (Lipinski definition) is 0. The Hall–Kier alpha value is -4.48. The fraction of sp³-hybridized carbons (Fsp3) is 0.0909. The van der Waals surface area contributed by atoms with E-state index >= 15 is 0 Å². The van der Waals surface area contributed by atoms with Crippen molar-refractivity contribution < 1.29 is 4.79 Å². The van der Waals surface area contributed by atoms with Gasteiger partial charge >= 0.3 is 0 Å². The Kier molecular flexibility index (Phi) is 6.83. The summed E-state index contributed by atoms with van der Waals surface area (Å²) < 4.78 is 2.17. The highest BCUT2D eigenvalue weighted by Crippen LogP contribution is 2.27. The lowest BCUT2D eigenvalue weighted by Crippen LogP contribution is -2.31. The highest BCUT2D eigenvalue weighted by molar-refractivity contribution is 7.15. The molecule has 0 spiro atoms. The topological polar surface area (TPSA) is 37.6 Å². The molecule has 0 aliphatic heterocycles. The summed E-state index contributed by atoms with van der Waals surface area (Å²) in [5.74, 6) is 0.00617. The number of benzene rings is 4. The van der Waals surface area contributed by atoms with Crippen LogP contribution in [0.2, 0.25) is 0 Å². The molecule has 0 atom stereocenters.